The van der Waals surface area contributed by atoms with Crippen molar-refractivity contribution in [2.24, 2.45) is 0 Å². The van der Waals surface area contributed by atoms with Crippen LogP contribution in [0.15, 0.2) is 51.8 Å². The van der Waals surface area contributed by atoms with Crippen molar-refractivity contribution in [3.8, 4) is 0 Å². The molecule has 0 saturated heterocycles. The smallest absolute Gasteiger partial charge is 0.274 e. The Bertz CT molecular complexity index is 1130. The van der Waals surface area contributed by atoms with Gasteiger partial charge in [0, 0.05) is 39.6 Å². The van der Waals surface area contributed by atoms with Crippen LogP contribution < -0.4 is 5.48 Å². The molecule has 3 aromatic rings. The van der Waals surface area contributed by atoms with Crippen LogP contribution in [0.2, 0.25) is 0 Å². The molecule has 0 spiro atoms. The minimum Gasteiger partial charge on any atom is -0.339 e. The Morgan fingerprint density at radius 1 is 1.19 bits per heavy atom. The molecule has 1 amide bonds. The Labute approximate surface area is 158 Å². The molecule has 0 unspecified atom stereocenters. The Balaban J connectivity index is 1.82. The zero-order chi connectivity index (χ0) is 18.5. The molecule has 134 valence electrons. The number of hydroxylamine groups is 1. The summed E-state index contributed by atoms with van der Waals surface area (Å²) in [6.45, 7) is 0.504. The number of rotatable bonds is 3. The van der Waals surface area contributed by atoms with Gasteiger partial charge in [0.2, 0.25) is 0 Å². The number of halogens is 1. The monoisotopic (exact) mass is 434 g/mol. The molecule has 0 atom stereocenters. The lowest BCUT2D eigenvalue weighted by molar-refractivity contribution is 0.0706. The first kappa shape index (κ1) is 17.3. The van der Waals surface area contributed by atoms with E-state index in [1.165, 1.54) is 0 Å². The van der Waals surface area contributed by atoms with Gasteiger partial charge in [-0.15, -0.1) is 0 Å². The summed E-state index contributed by atoms with van der Waals surface area (Å²) in [6, 6.07) is 12.5. The average molecular weight is 435 g/mol. The minimum absolute atomic E-state index is 0.135. The van der Waals surface area contributed by atoms with E-state index in [4.69, 9.17) is 5.21 Å². The number of carbonyl (C=O) groups is 1. The van der Waals surface area contributed by atoms with E-state index in [1.807, 2.05) is 22.8 Å². The first-order chi connectivity index (χ1) is 12.4. The summed E-state index contributed by atoms with van der Waals surface area (Å²) in [5, 5.41) is 9.44. The van der Waals surface area contributed by atoms with Crippen LogP contribution in [0.25, 0.3) is 10.9 Å². The number of hydrogen-bond acceptors (Lipinski definition) is 4. The number of aromatic nitrogens is 1. The number of nitrogens with one attached hydrogen (secondary N) is 1. The van der Waals surface area contributed by atoms with Crippen LogP contribution in [-0.2, 0) is 22.8 Å². The molecule has 2 aromatic carbocycles. The van der Waals surface area contributed by atoms with E-state index in [2.05, 4.69) is 15.9 Å². The van der Waals surface area contributed by atoms with E-state index in [0.717, 1.165) is 26.6 Å². The van der Waals surface area contributed by atoms with Gasteiger partial charge < -0.3 is 4.57 Å². The fourth-order valence-electron chi connectivity index (χ4n) is 3.47. The maximum absolute atomic E-state index is 12.5. The number of benzene rings is 2. The zero-order valence-corrected chi connectivity index (χ0v) is 16.0. The van der Waals surface area contributed by atoms with Gasteiger partial charge in [-0.1, -0.05) is 28.1 Å². The largest absolute Gasteiger partial charge is 0.339 e. The van der Waals surface area contributed by atoms with Crippen molar-refractivity contribution >= 4 is 42.6 Å². The molecular weight excluding hydrogens is 420 g/mol. The van der Waals surface area contributed by atoms with Crippen molar-refractivity contribution in [3.05, 3.63) is 63.8 Å². The Kier molecular flexibility index (Phi) is 4.13. The van der Waals surface area contributed by atoms with Gasteiger partial charge in [-0.2, -0.15) is 0 Å². The van der Waals surface area contributed by atoms with Crippen molar-refractivity contribution < 1.29 is 18.4 Å². The fourth-order valence-corrected chi connectivity index (χ4v) is 5.56. The lowest BCUT2D eigenvalue weighted by Gasteiger charge is -2.10. The van der Waals surface area contributed by atoms with E-state index >= 15 is 0 Å². The third-order valence-corrected chi connectivity index (χ3v) is 6.97. The molecule has 0 aliphatic carbocycles. The van der Waals surface area contributed by atoms with Crippen LogP contribution in [0.4, 0.5) is 0 Å². The van der Waals surface area contributed by atoms with Crippen LogP contribution >= 0.6 is 15.9 Å². The highest BCUT2D eigenvalue weighted by Crippen LogP contribution is 2.37. The maximum Gasteiger partial charge on any atom is 0.274 e. The molecule has 6 nitrogen and oxygen atoms in total. The molecule has 1 aliphatic heterocycles. The summed E-state index contributed by atoms with van der Waals surface area (Å²) in [5.41, 5.74) is 4.59. The molecule has 2 N–H and O–H groups in total. The van der Waals surface area contributed by atoms with Crippen molar-refractivity contribution in [2.75, 3.05) is 5.75 Å². The molecule has 0 fully saturated rings. The number of hydrogen-bond donors (Lipinski definition) is 2. The number of amides is 1. The third-order valence-electron chi connectivity index (χ3n) is 4.66. The van der Waals surface area contributed by atoms with E-state index in [-0.39, 0.29) is 5.75 Å². The molecule has 4 rings (SSSR count). The van der Waals surface area contributed by atoms with Crippen LogP contribution in [0.5, 0.6) is 0 Å². The zero-order valence-electron chi connectivity index (χ0n) is 13.6. The lowest BCUT2D eigenvalue weighted by Crippen LogP contribution is -2.18. The van der Waals surface area contributed by atoms with E-state index in [1.54, 1.807) is 29.7 Å². The minimum atomic E-state index is -3.26. The van der Waals surface area contributed by atoms with Gasteiger partial charge in [0.25, 0.3) is 5.91 Å². The number of nitrogens with zero attached hydrogens (tertiary/aromatic N) is 1. The van der Waals surface area contributed by atoms with Crippen molar-refractivity contribution in [1.29, 1.82) is 0 Å². The highest BCUT2D eigenvalue weighted by molar-refractivity contribution is 9.10. The SMILES string of the molecule is O=C(NO)c1ccc(Cn2c3c(c4cc(Br)ccc42)S(=O)(=O)CC3)cc1. The van der Waals surface area contributed by atoms with Gasteiger partial charge in [0.1, 0.15) is 0 Å². The molecule has 1 aliphatic rings. The fraction of sp³-hybridized carbons (Fsp3) is 0.167. The third kappa shape index (κ3) is 2.74. The summed E-state index contributed by atoms with van der Waals surface area (Å²) in [4.78, 5) is 11.9. The van der Waals surface area contributed by atoms with Gasteiger partial charge >= 0.3 is 0 Å². The molecule has 2 heterocycles. The van der Waals surface area contributed by atoms with Crippen LogP contribution in [0.1, 0.15) is 21.6 Å². The standard InChI is InChI=1S/C18H15BrN2O4S/c19-13-5-6-15-14(9-13)17-16(7-8-26(17,24)25)21(15)10-11-1-3-12(4-2-11)18(22)20-23/h1-6,9,23H,7-8,10H2,(H,20,22). The van der Waals surface area contributed by atoms with Crippen molar-refractivity contribution in [3.63, 3.8) is 0 Å². The Hall–Kier alpha value is -2.16. The first-order valence-electron chi connectivity index (χ1n) is 7.97. The molecule has 1 aromatic heterocycles. The highest BCUT2D eigenvalue weighted by atomic mass is 79.9. The number of carbonyl (C=O) groups excluding carboxylic acids is 1. The number of sulfone groups is 1. The van der Waals surface area contributed by atoms with Gasteiger partial charge in [-0.05, 0) is 35.9 Å². The molecular formula is C18H15BrN2O4S. The normalized spacial score (nSPS) is 15.2. The first-order valence-corrected chi connectivity index (χ1v) is 10.4. The maximum atomic E-state index is 12.5. The molecule has 0 radical (unpaired) electrons. The van der Waals surface area contributed by atoms with Gasteiger partial charge in [0.15, 0.2) is 9.84 Å². The summed E-state index contributed by atoms with van der Waals surface area (Å²) in [7, 11) is -3.26. The topological polar surface area (TPSA) is 88.4 Å². The molecule has 0 bridgehead atoms. The predicted molar refractivity (Wildman–Crippen MR) is 100 cm³/mol. The molecule has 0 saturated carbocycles. The summed E-state index contributed by atoms with van der Waals surface area (Å²) < 4.78 is 27.9. The molecule has 26 heavy (non-hydrogen) atoms. The van der Waals surface area contributed by atoms with Crippen LogP contribution in [-0.4, -0.2) is 29.9 Å². The average Bonchev–Trinajstić information content (AvgIpc) is 3.10. The summed E-state index contributed by atoms with van der Waals surface area (Å²) >= 11 is 3.42. The van der Waals surface area contributed by atoms with Crippen LogP contribution in [0, 0.1) is 0 Å². The Morgan fingerprint density at radius 2 is 1.92 bits per heavy atom. The second kappa shape index (κ2) is 6.22. The van der Waals surface area contributed by atoms with E-state index in [9.17, 15) is 13.2 Å². The number of fused-ring (bicyclic) bond motifs is 3. The Morgan fingerprint density at radius 3 is 2.62 bits per heavy atom. The van der Waals surface area contributed by atoms with Gasteiger partial charge in [-0.3, -0.25) is 10.0 Å². The second-order valence-electron chi connectivity index (χ2n) is 6.23. The van der Waals surface area contributed by atoms with Crippen molar-refractivity contribution in [2.45, 2.75) is 17.9 Å². The quantitative estimate of drug-likeness (QED) is 0.489. The highest BCUT2D eigenvalue weighted by Gasteiger charge is 2.33. The van der Waals surface area contributed by atoms with E-state index < -0.39 is 15.7 Å². The predicted octanol–water partition coefficient (Wildman–Crippen LogP) is 2.90. The van der Waals surface area contributed by atoms with Crippen LogP contribution in [0.3, 0.4) is 0 Å². The van der Waals surface area contributed by atoms with Gasteiger partial charge in [-0.25, -0.2) is 13.9 Å². The van der Waals surface area contributed by atoms with Crippen molar-refractivity contribution in [1.82, 2.24) is 10.0 Å². The second-order valence-corrected chi connectivity index (χ2v) is 9.19. The van der Waals surface area contributed by atoms with E-state index in [0.29, 0.717) is 23.4 Å². The summed E-state index contributed by atoms with van der Waals surface area (Å²) in [6.07, 6.45) is 0.495. The summed E-state index contributed by atoms with van der Waals surface area (Å²) in [5.74, 6) is -0.435. The lowest BCUT2D eigenvalue weighted by atomic mass is 10.1. The van der Waals surface area contributed by atoms with Gasteiger partial charge in [0.05, 0.1) is 10.6 Å². The molecule has 8 heteroatoms.